The molecule has 0 spiro atoms. The molecule has 3 heterocycles. The number of hydrogen-bond donors (Lipinski definition) is 1. The molecule has 1 aromatic carbocycles. The van der Waals surface area contributed by atoms with Crippen molar-refractivity contribution in [1.82, 2.24) is 9.97 Å². The van der Waals surface area contributed by atoms with E-state index in [4.69, 9.17) is 14.2 Å². The van der Waals surface area contributed by atoms with Crippen LogP contribution in [0.2, 0.25) is 0 Å². The number of nitrogens with one attached hydrogen (secondary N) is 1. The molecule has 10 heteroatoms. The summed E-state index contributed by atoms with van der Waals surface area (Å²) in [6.45, 7) is 5.51. The third kappa shape index (κ3) is 6.04. The van der Waals surface area contributed by atoms with Crippen LogP contribution in [0.4, 0.5) is 5.82 Å². The summed E-state index contributed by atoms with van der Waals surface area (Å²) in [7, 11) is -3.31. The van der Waals surface area contributed by atoms with Gasteiger partial charge in [0.1, 0.15) is 6.10 Å². The van der Waals surface area contributed by atoms with Gasteiger partial charge in [0.05, 0.1) is 40.8 Å². The molecular weight excluding hydrogens is 518 g/mol. The Morgan fingerprint density at radius 2 is 1.85 bits per heavy atom. The highest BCUT2D eigenvalue weighted by molar-refractivity contribution is 7.92. The van der Waals surface area contributed by atoms with Gasteiger partial charge in [-0.25, -0.2) is 13.4 Å². The standard InChI is InChI=1S/C29H37N3O6S/c1-29(2)37-17-25(38-29)24-15-31-27(16-30-24)32-28(33)23(13-18-9-11-36-12-10-18)20-5-8-26(22(14-20)19-3-4-19)39(34,35)21-6-7-21/h5,8,14-16,18-19,21,23,25H,3-4,6-7,9-13,17H2,1-2H3,(H,31,32,33)/t23-,25?/m1/s1. The van der Waals surface area contributed by atoms with E-state index in [2.05, 4.69) is 15.3 Å². The average molecular weight is 556 g/mol. The van der Waals surface area contributed by atoms with Crippen molar-refractivity contribution in [3.8, 4) is 0 Å². The summed E-state index contributed by atoms with van der Waals surface area (Å²) in [6, 6.07) is 5.59. The monoisotopic (exact) mass is 555 g/mol. The van der Waals surface area contributed by atoms with Gasteiger partial charge < -0.3 is 19.5 Å². The molecule has 4 fully saturated rings. The number of benzene rings is 1. The summed E-state index contributed by atoms with van der Waals surface area (Å²) >= 11 is 0. The van der Waals surface area contributed by atoms with Gasteiger partial charge in [0, 0.05) is 13.2 Å². The topological polar surface area (TPSA) is 117 Å². The van der Waals surface area contributed by atoms with Crippen LogP contribution < -0.4 is 5.32 Å². The average Bonchev–Trinajstić information content (AvgIpc) is 3.85. The van der Waals surface area contributed by atoms with E-state index in [-0.39, 0.29) is 23.2 Å². The highest BCUT2D eigenvalue weighted by Crippen LogP contribution is 2.46. The quantitative estimate of drug-likeness (QED) is 0.475. The van der Waals surface area contributed by atoms with Gasteiger partial charge in [-0.15, -0.1) is 0 Å². The molecule has 2 aromatic rings. The molecule has 1 aromatic heterocycles. The minimum Gasteiger partial charge on any atom is -0.381 e. The van der Waals surface area contributed by atoms with Gasteiger partial charge in [-0.2, -0.15) is 0 Å². The van der Waals surface area contributed by atoms with Gasteiger partial charge in [-0.1, -0.05) is 12.1 Å². The molecule has 2 aliphatic carbocycles. The molecule has 9 nitrogen and oxygen atoms in total. The first kappa shape index (κ1) is 26.8. The van der Waals surface area contributed by atoms with Crippen molar-refractivity contribution >= 4 is 21.6 Å². The second-order valence-electron chi connectivity index (χ2n) is 11.8. The summed E-state index contributed by atoms with van der Waals surface area (Å²) in [5.74, 6) is -0.282. The first-order chi connectivity index (χ1) is 18.7. The highest BCUT2D eigenvalue weighted by Gasteiger charge is 2.41. The minimum atomic E-state index is -3.31. The molecule has 2 atom stereocenters. The normalized spacial score (nSPS) is 24.4. The number of ether oxygens (including phenoxy) is 3. The molecule has 1 unspecified atom stereocenters. The van der Waals surface area contributed by atoms with Gasteiger partial charge in [0.25, 0.3) is 0 Å². The Labute approximate surface area is 230 Å². The van der Waals surface area contributed by atoms with Gasteiger partial charge in [-0.05, 0) is 87.8 Å². The van der Waals surface area contributed by atoms with Crippen molar-refractivity contribution in [2.45, 2.75) is 92.7 Å². The van der Waals surface area contributed by atoms with Gasteiger partial charge in [-0.3, -0.25) is 9.78 Å². The van der Waals surface area contributed by atoms with Crippen LogP contribution in [0.15, 0.2) is 35.5 Å². The lowest BCUT2D eigenvalue weighted by Gasteiger charge is -2.27. The van der Waals surface area contributed by atoms with Crippen LogP contribution in [0, 0.1) is 5.92 Å². The Kier molecular flexibility index (Phi) is 7.24. The first-order valence-corrected chi connectivity index (χ1v) is 15.6. The number of rotatable bonds is 9. The van der Waals surface area contributed by atoms with Crippen molar-refractivity contribution in [3.05, 3.63) is 47.4 Å². The number of nitrogens with zero attached hydrogens (tertiary/aromatic N) is 2. The van der Waals surface area contributed by atoms with Crippen LogP contribution in [0.1, 0.15) is 93.6 Å². The maximum Gasteiger partial charge on any atom is 0.233 e. The lowest BCUT2D eigenvalue weighted by molar-refractivity contribution is -0.139. The maximum absolute atomic E-state index is 13.7. The molecule has 210 valence electrons. The maximum atomic E-state index is 13.7. The van der Waals surface area contributed by atoms with Crippen molar-refractivity contribution < 1.29 is 27.4 Å². The smallest absolute Gasteiger partial charge is 0.233 e. The number of carbonyl (C=O) groups excluding carboxylic acids is 1. The van der Waals surface area contributed by atoms with Crippen LogP contribution in [-0.4, -0.2) is 55.2 Å². The lowest BCUT2D eigenvalue weighted by atomic mass is 9.83. The van der Waals surface area contributed by atoms with Crippen molar-refractivity contribution in [1.29, 1.82) is 0 Å². The van der Waals surface area contributed by atoms with Crippen LogP contribution in [0.5, 0.6) is 0 Å². The zero-order valence-corrected chi connectivity index (χ0v) is 23.4. The molecule has 39 heavy (non-hydrogen) atoms. The summed E-state index contributed by atoms with van der Waals surface area (Å²) in [5.41, 5.74) is 2.40. The number of amides is 1. The van der Waals surface area contributed by atoms with Gasteiger partial charge in [0.15, 0.2) is 21.4 Å². The summed E-state index contributed by atoms with van der Waals surface area (Å²) in [5, 5.41) is 2.71. The van der Waals surface area contributed by atoms with Crippen LogP contribution in [0.25, 0.3) is 0 Å². The molecule has 2 saturated heterocycles. The second-order valence-corrected chi connectivity index (χ2v) is 14.0. The molecule has 6 rings (SSSR count). The number of anilines is 1. The Hall–Kier alpha value is -2.40. The summed E-state index contributed by atoms with van der Waals surface area (Å²) in [4.78, 5) is 23.1. The van der Waals surface area contributed by atoms with E-state index < -0.39 is 21.5 Å². The van der Waals surface area contributed by atoms with Gasteiger partial charge in [0.2, 0.25) is 5.91 Å². The SMILES string of the molecule is CC1(C)OCC(c2cnc(NC(=O)[C@H](CC3CCOCC3)c3ccc(S(=O)(=O)C4CC4)c(C4CC4)c3)cn2)O1. The third-order valence-corrected chi connectivity index (χ3v) is 10.5. The molecule has 1 amide bonds. The van der Waals surface area contributed by atoms with Gasteiger partial charge >= 0.3 is 0 Å². The molecule has 1 N–H and O–H groups in total. The van der Waals surface area contributed by atoms with Crippen LogP contribution >= 0.6 is 0 Å². The Morgan fingerprint density at radius 1 is 1.08 bits per heavy atom. The molecule has 4 aliphatic rings. The predicted octanol–water partition coefficient (Wildman–Crippen LogP) is 4.65. The van der Waals surface area contributed by atoms with Crippen molar-refractivity contribution in [3.63, 3.8) is 0 Å². The fraction of sp³-hybridized carbons (Fsp3) is 0.621. The van der Waals surface area contributed by atoms with E-state index in [1.54, 1.807) is 18.5 Å². The van der Waals surface area contributed by atoms with Crippen molar-refractivity contribution in [2.24, 2.45) is 5.92 Å². The number of carbonyl (C=O) groups is 1. The largest absolute Gasteiger partial charge is 0.381 e. The molecule has 2 saturated carbocycles. The number of aromatic nitrogens is 2. The first-order valence-electron chi connectivity index (χ1n) is 14.1. The van der Waals surface area contributed by atoms with Crippen LogP contribution in [-0.2, 0) is 28.8 Å². The lowest BCUT2D eigenvalue weighted by Crippen LogP contribution is -2.26. The minimum absolute atomic E-state index is 0.162. The molecule has 0 radical (unpaired) electrons. The van der Waals surface area contributed by atoms with Crippen LogP contribution in [0.3, 0.4) is 0 Å². The zero-order chi connectivity index (χ0) is 27.2. The fourth-order valence-electron chi connectivity index (χ4n) is 5.64. The molecule has 0 bridgehead atoms. The predicted molar refractivity (Wildman–Crippen MR) is 144 cm³/mol. The Balaban J connectivity index is 1.24. The van der Waals surface area contributed by atoms with E-state index in [1.165, 1.54) is 0 Å². The van der Waals surface area contributed by atoms with E-state index in [0.29, 0.717) is 48.6 Å². The van der Waals surface area contributed by atoms with E-state index in [1.807, 2.05) is 26.0 Å². The Bertz CT molecular complexity index is 1320. The summed E-state index contributed by atoms with van der Waals surface area (Å²) < 4.78 is 43.3. The Morgan fingerprint density at radius 3 is 2.46 bits per heavy atom. The highest BCUT2D eigenvalue weighted by atomic mass is 32.2. The van der Waals surface area contributed by atoms with Crippen molar-refractivity contribution in [2.75, 3.05) is 25.1 Å². The van der Waals surface area contributed by atoms with E-state index in [9.17, 15) is 13.2 Å². The third-order valence-electron chi connectivity index (χ3n) is 8.21. The molecule has 2 aliphatic heterocycles. The van der Waals surface area contributed by atoms with E-state index in [0.717, 1.165) is 49.7 Å². The number of hydrogen-bond acceptors (Lipinski definition) is 8. The molecular formula is C29H37N3O6S. The summed E-state index contributed by atoms with van der Waals surface area (Å²) in [6.07, 6.45) is 8.79. The second kappa shape index (κ2) is 10.5. The zero-order valence-electron chi connectivity index (χ0n) is 22.6. The van der Waals surface area contributed by atoms with E-state index >= 15 is 0 Å². The number of sulfone groups is 1. The fourth-order valence-corrected chi connectivity index (χ4v) is 7.57.